The molecule has 2 amide bonds. The molecule has 0 fully saturated rings. The summed E-state index contributed by atoms with van der Waals surface area (Å²) in [4.78, 5) is 16.4. The van der Waals surface area contributed by atoms with Crippen LogP contribution in [-0.4, -0.2) is 19.4 Å². The molecule has 2 N–H and O–H groups in total. The van der Waals surface area contributed by atoms with E-state index in [4.69, 9.17) is 0 Å². The third-order valence-corrected chi connectivity index (χ3v) is 5.95. The van der Waals surface area contributed by atoms with E-state index in [0.717, 1.165) is 17.6 Å². The Bertz CT molecular complexity index is 1040. The van der Waals surface area contributed by atoms with Crippen LogP contribution in [0.15, 0.2) is 88.5 Å². The summed E-state index contributed by atoms with van der Waals surface area (Å²) in [5.74, 6) is 0. The molecule has 0 unspecified atom stereocenters. The van der Waals surface area contributed by atoms with Gasteiger partial charge in [-0.1, -0.05) is 23.8 Å². The van der Waals surface area contributed by atoms with Gasteiger partial charge in [-0.2, -0.15) is 0 Å². The van der Waals surface area contributed by atoms with Crippen LogP contribution in [0.3, 0.4) is 0 Å². The SMILES string of the molecule is CC1=CC=C(S(=O)(=O)c2ccc(NC(=O)NCc3cccnc3)cc2)C=CC1. The summed E-state index contributed by atoms with van der Waals surface area (Å²) in [6.07, 6.45) is 11.0. The molecule has 1 aliphatic rings. The Labute approximate surface area is 164 Å². The van der Waals surface area contributed by atoms with Crippen molar-refractivity contribution in [1.29, 1.82) is 0 Å². The van der Waals surface area contributed by atoms with Crippen molar-refractivity contribution in [3.63, 3.8) is 0 Å². The van der Waals surface area contributed by atoms with Gasteiger partial charge in [-0.05, 0) is 61.4 Å². The van der Waals surface area contributed by atoms with Crippen molar-refractivity contribution in [2.75, 3.05) is 5.32 Å². The Morgan fingerprint density at radius 2 is 1.93 bits per heavy atom. The van der Waals surface area contributed by atoms with Crippen LogP contribution in [0.5, 0.6) is 0 Å². The number of benzene rings is 1. The predicted molar refractivity (Wildman–Crippen MR) is 109 cm³/mol. The number of hydrogen-bond acceptors (Lipinski definition) is 4. The number of amides is 2. The lowest BCUT2D eigenvalue weighted by atomic mass is 10.2. The molecule has 0 aliphatic heterocycles. The standard InChI is InChI=1S/C21H21N3O3S/c1-16-4-2-6-19(10-7-16)28(26,27)20-11-8-18(9-12-20)24-21(25)23-15-17-5-3-13-22-14-17/h2-3,5-14H,4,15H2,1H3,(H2,23,24,25). The van der Waals surface area contributed by atoms with Crippen LogP contribution < -0.4 is 10.6 Å². The molecular formula is C21H21N3O3S. The molecule has 3 rings (SSSR count). The number of carbonyl (C=O) groups excluding carboxylic acids is 1. The number of hydrogen-bond donors (Lipinski definition) is 2. The highest BCUT2D eigenvalue weighted by molar-refractivity contribution is 7.95. The molecular weight excluding hydrogens is 374 g/mol. The van der Waals surface area contributed by atoms with Gasteiger partial charge in [0.05, 0.1) is 9.80 Å². The molecule has 0 saturated heterocycles. The molecule has 1 heterocycles. The number of nitrogens with zero attached hydrogens (tertiary/aromatic N) is 1. The topological polar surface area (TPSA) is 88.2 Å². The molecule has 0 saturated carbocycles. The first-order valence-corrected chi connectivity index (χ1v) is 10.3. The van der Waals surface area contributed by atoms with Gasteiger partial charge in [0.2, 0.25) is 9.84 Å². The molecule has 1 aliphatic carbocycles. The van der Waals surface area contributed by atoms with Gasteiger partial charge >= 0.3 is 6.03 Å². The van der Waals surface area contributed by atoms with Gasteiger partial charge in [0.25, 0.3) is 0 Å². The minimum Gasteiger partial charge on any atom is -0.334 e. The number of nitrogens with one attached hydrogen (secondary N) is 2. The van der Waals surface area contributed by atoms with Crippen LogP contribution in [-0.2, 0) is 16.4 Å². The minimum atomic E-state index is -3.61. The highest BCUT2D eigenvalue weighted by atomic mass is 32.2. The summed E-state index contributed by atoms with van der Waals surface area (Å²) in [5, 5.41) is 5.40. The number of anilines is 1. The van der Waals surface area contributed by atoms with Gasteiger partial charge in [0.15, 0.2) is 0 Å². The molecule has 0 atom stereocenters. The summed E-state index contributed by atoms with van der Waals surface area (Å²) in [5.41, 5.74) is 2.48. The van der Waals surface area contributed by atoms with Crippen LogP contribution >= 0.6 is 0 Å². The third kappa shape index (κ3) is 4.95. The highest BCUT2D eigenvalue weighted by Gasteiger charge is 2.19. The molecule has 2 aromatic rings. The number of rotatable bonds is 5. The number of pyridine rings is 1. The lowest BCUT2D eigenvalue weighted by molar-refractivity contribution is 0.251. The molecule has 6 nitrogen and oxygen atoms in total. The smallest absolute Gasteiger partial charge is 0.319 e. The van der Waals surface area contributed by atoms with E-state index in [-0.39, 0.29) is 15.8 Å². The number of urea groups is 1. The maximum Gasteiger partial charge on any atom is 0.319 e. The Hall–Kier alpha value is -3.19. The highest BCUT2D eigenvalue weighted by Crippen LogP contribution is 2.24. The summed E-state index contributed by atoms with van der Waals surface area (Å²) < 4.78 is 25.6. The molecule has 7 heteroatoms. The molecule has 1 aromatic carbocycles. The van der Waals surface area contributed by atoms with Crippen LogP contribution in [0.2, 0.25) is 0 Å². The predicted octanol–water partition coefficient (Wildman–Crippen LogP) is 3.97. The van der Waals surface area contributed by atoms with E-state index >= 15 is 0 Å². The lowest BCUT2D eigenvalue weighted by Crippen LogP contribution is -2.28. The first-order valence-electron chi connectivity index (χ1n) is 8.78. The van der Waals surface area contributed by atoms with E-state index in [9.17, 15) is 13.2 Å². The molecule has 28 heavy (non-hydrogen) atoms. The fraction of sp³-hybridized carbons (Fsp3) is 0.143. The van der Waals surface area contributed by atoms with E-state index in [1.807, 2.05) is 25.1 Å². The number of allylic oxidation sites excluding steroid dienone is 5. The summed E-state index contributed by atoms with van der Waals surface area (Å²) in [7, 11) is -3.61. The zero-order valence-corrected chi connectivity index (χ0v) is 16.2. The van der Waals surface area contributed by atoms with Crippen molar-refractivity contribution < 1.29 is 13.2 Å². The Morgan fingerprint density at radius 3 is 2.64 bits per heavy atom. The second kappa shape index (κ2) is 8.67. The van der Waals surface area contributed by atoms with Gasteiger partial charge in [-0.15, -0.1) is 0 Å². The van der Waals surface area contributed by atoms with E-state index in [1.165, 1.54) is 12.1 Å². The van der Waals surface area contributed by atoms with E-state index in [1.54, 1.807) is 42.7 Å². The number of aromatic nitrogens is 1. The molecule has 144 valence electrons. The van der Waals surface area contributed by atoms with Crippen LogP contribution in [0.25, 0.3) is 0 Å². The average Bonchev–Trinajstić information content (AvgIpc) is 2.93. The van der Waals surface area contributed by atoms with E-state index < -0.39 is 9.84 Å². The quantitative estimate of drug-likeness (QED) is 0.802. The van der Waals surface area contributed by atoms with Crippen molar-refractivity contribution in [3.8, 4) is 0 Å². The van der Waals surface area contributed by atoms with Gasteiger partial charge in [0.1, 0.15) is 0 Å². The van der Waals surface area contributed by atoms with Gasteiger partial charge in [0, 0.05) is 24.6 Å². The zero-order valence-electron chi connectivity index (χ0n) is 15.4. The van der Waals surface area contributed by atoms with Gasteiger partial charge in [-0.25, -0.2) is 13.2 Å². The van der Waals surface area contributed by atoms with Gasteiger partial charge < -0.3 is 10.6 Å². The van der Waals surface area contributed by atoms with E-state index in [2.05, 4.69) is 15.6 Å². The van der Waals surface area contributed by atoms with Crippen molar-refractivity contribution in [1.82, 2.24) is 10.3 Å². The van der Waals surface area contributed by atoms with Crippen LogP contribution in [0.4, 0.5) is 10.5 Å². The van der Waals surface area contributed by atoms with Gasteiger partial charge in [-0.3, -0.25) is 4.98 Å². The molecule has 0 radical (unpaired) electrons. The second-order valence-corrected chi connectivity index (χ2v) is 8.33. The van der Waals surface area contributed by atoms with Crippen molar-refractivity contribution >= 4 is 21.6 Å². The first kappa shape index (κ1) is 19.6. The number of carbonyl (C=O) groups is 1. The summed E-state index contributed by atoms with van der Waals surface area (Å²) in [6.45, 7) is 2.30. The lowest BCUT2D eigenvalue weighted by Gasteiger charge is -2.09. The Balaban J connectivity index is 1.65. The fourth-order valence-electron chi connectivity index (χ4n) is 2.60. The van der Waals surface area contributed by atoms with Crippen LogP contribution in [0.1, 0.15) is 18.9 Å². The van der Waals surface area contributed by atoms with E-state index in [0.29, 0.717) is 12.2 Å². The number of sulfone groups is 1. The van der Waals surface area contributed by atoms with Crippen molar-refractivity contribution in [2.45, 2.75) is 24.8 Å². The maximum atomic E-state index is 12.8. The molecule has 0 spiro atoms. The fourth-order valence-corrected chi connectivity index (χ4v) is 3.89. The van der Waals surface area contributed by atoms with Crippen molar-refractivity contribution in [3.05, 3.63) is 89.1 Å². The second-order valence-electron chi connectivity index (χ2n) is 6.39. The Morgan fingerprint density at radius 1 is 1.14 bits per heavy atom. The minimum absolute atomic E-state index is 0.178. The summed E-state index contributed by atoms with van der Waals surface area (Å²) in [6, 6.07) is 9.39. The first-order chi connectivity index (χ1) is 13.4. The monoisotopic (exact) mass is 395 g/mol. The maximum absolute atomic E-state index is 12.8. The van der Waals surface area contributed by atoms with Crippen LogP contribution in [0, 0.1) is 0 Å². The third-order valence-electron chi connectivity index (χ3n) is 4.16. The molecule has 0 bridgehead atoms. The van der Waals surface area contributed by atoms with Crippen molar-refractivity contribution in [2.24, 2.45) is 0 Å². The summed E-state index contributed by atoms with van der Waals surface area (Å²) >= 11 is 0. The normalized spacial score (nSPS) is 13.9. The largest absolute Gasteiger partial charge is 0.334 e. The Kier molecular flexibility index (Phi) is 6.06. The molecule has 1 aromatic heterocycles. The zero-order chi connectivity index (χ0) is 20.0. The average molecular weight is 395 g/mol.